The van der Waals surface area contributed by atoms with Gasteiger partial charge in [0.15, 0.2) is 6.10 Å². The zero-order valence-electron chi connectivity index (χ0n) is 17.2. The molecule has 5 rings (SSSR count). The van der Waals surface area contributed by atoms with Gasteiger partial charge in [0.1, 0.15) is 11.4 Å². The van der Waals surface area contributed by atoms with Crippen molar-refractivity contribution in [2.24, 2.45) is 0 Å². The van der Waals surface area contributed by atoms with Crippen LogP contribution in [0.15, 0.2) is 92.5 Å². The summed E-state index contributed by atoms with van der Waals surface area (Å²) in [7, 11) is 0. The summed E-state index contributed by atoms with van der Waals surface area (Å²) >= 11 is 0. The molecule has 0 fully saturated rings. The van der Waals surface area contributed by atoms with Crippen molar-refractivity contribution in [1.29, 1.82) is 0 Å². The fourth-order valence-corrected chi connectivity index (χ4v) is 3.56. The molecule has 2 heterocycles. The Morgan fingerprint density at radius 3 is 2.52 bits per heavy atom. The molecular formula is C25H18FN3O4. The second kappa shape index (κ2) is 8.68. The predicted molar refractivity (Wildman–Crippen MR) is 120 cm³/mol. The molecule has 1 unspecified atom stereocenters. The van der Waals surface area contributed by atoms with Crippen LogP contribution in [0.4, 0.5) is 10.4 Å². The predicted octanol–water partition coefficient (Wildman–Crippen LogP) is 4.68. The molecule has 0 aliphatic heterocycles. The molecule has 0 aliphatic carbocycles. The first-order valence-corrected chi connectivity index (χ1v) is 10.2. The fourth-order valence-electron chi connectivity index (χ4n) is 3.56. The molecule has 0 spiro atoms. The van der Waals surface area contributed by atoms with Gasteiger partial charge < -0.3 is 19.3 Å². The summed E-state index contributed by atoms with van der Waals surface area (Å²) in [6, 6.07) is 22.0. The third-order valence-corrected chi connectivity index (χ3v) is 5.20. The Bertz CT molecular complexity index is 1460. The topological polar surface area (TPSA) is 101 Å². The lowest BCUT2D eigenvalue weighted by molar-refractivity contribution is 0.183. The molecule has 33 heavy (non-hydrogen) atoms. The van der Waals surface area contributed by atoms with Crippen LogP contribution in [-0.2, 0) is 6.54 Å². The third-order valence-electron chi connectivity index (χ3n) is 5.20. The number of rotatable bonds is 6. The number of halogens is 1. The van der Waals surface area contributed by atoms with Gasteiger partial charge in [0.2, 0.25) is 0 Å². The average molecular weight is 443 g/mol. The minimum atomic E-state index is -1.02. The van der Waals surface area contributed by atoms with Crippen molar-refractivity contribution >= 4 is 17.0 Å². The highest BCUT2D eigenvalue weighted by atomic mass is 19.1. The van der Waals surface area contributed by atoms with Crippen molar-refractivity contribution in [1.82, 2.24) is 10.2 Å². The lowest BCUT2D eigenvalue weighted by atomic mass is 10.0. The molecule has 1 atom stereocenters. The van der Waals surface area contributed by atoms with E-state index in [9.17, 15) is 14.3 Å². The van der Waals surface area contributed by atoms with E-state index in [1.165, 1.54) is 18.2 Å². The van der Waals surface area contributed by atoms with Crippen LogP contribution < -0.4 is 10.9 Å². The summed E-state index contributed by atoms with van der Waals surface area (Å²) in [4.78, 5) is 12.1. The number of benzene rings is 3. The number of aliphatic hydroxyl groups excluding tert-OH is 1. The fraction of sp³-hybridized carbons (Fsp3) is 0.0800. The maximum Gasteiger partial charge on any atom is 0.336 e. The van der Waals surface area contributed by atoms with Crippen molar-refractivity contribution in [2.75, 3.05) is 5.32 Å². The number of nitrogens with zero attached hydrogens (tertiary/aromatic N) is 2. The number of aromatic nitrogens is 2. The summed E-state index contributed by atoms with van der Waals surface area (Å²) in [6.45, 7) is 0.323. The minimum Gasteiger partial charge on any atom is -0.423 e. The van der Waals surface area contributed by atoms with Gasteiger partial charge in [-0.05, 0) is 40.5 Å². The van der Waals surface area contributed by atoms with Crippen molar-refractivity contribution in [3.63, 3.8) is 0 Å². The van der Waals surface area contributed by atoms with Gasteiger partial charge in [-0.2, -0.15) is 0 Å². The van der Waals surface area contributed by atoms with Crippen molar-refractivity contribution < 1.29 is 18.3 Å². The number of nitrogens with one attached hydrogen (secondary N) is 1. The van der Waals surface area contributed by atoms with E-state index in [1.807, 2.05) is 30.3 Å². The minimum absolute atomic E-state index is 0.0807. The van der Waals surface area contributed by atoms with Gasteiger partial charge in [0.05, 0.1) is 0 Å². The van der Waals surface area contributed by atoms with Gasteiger partial charge in [0.25, 0.3) is 5.89 Å². The van der Waals surface area contributed by atoms with Crippen molar-refractivity contribution in [3.8, 4) is 11.1 Å². The van der Waals surface area contributed by atoms with E-state index in [-0.39, 0.29) is 17.7 Å². The van der Waals surface area contributed by atoms with Crippen LogP contribution in [0.3, 0.4) is 0 Å². The number of anilines is 1. The van der Waals surface area contributed by atoms with Gasteiger partial charge in [0, 0.05) is 18.0 Å². The second-order valence-corrected chi connectivity index (χ2v) is 7.43. The van der Waals surface area contributed by atoms with Gasteiger partial charge >= 0.3 is 11.6 Å². The maximum atomic E-state index is 13.3. The van der Waals surface area contributed by atoms with Crippen LogP contribution in [-0.4, -0.2) is 15.3 Å². The monoisotopic (exact) mass is 443 g/mol. The van der Waals surface area contributed by atoms with E-state index in [1.54, 1.807) is 30.3 Å². The van der Waals surface area contributed by atoms with Crippen LogP contribution in [0.2, 0.25) is 0 Å². The molecule has 0 amide bonds. The van der Waals surface area contributed by atoms with Crippen LogP contribution >= 0.6 is 0 Å². The standard InChI is InChI=1S/C25H18FN3O4/c26-18-9-7-16(8-10-18)20-13-22(30)32-21-12-15(6-11-19(20)21)14-27-25-29-28-24(33-25)23(31)17-4-2-1-3-5-17/h1-13,23,31H,14H2,(H,27,29). The first-order chi connectivity index (χ1) is 16.1. The lowest BCUT2D eigenvalue weighted by Crippen LogP contribution is -2.02. The summed E-state index contributed by atoms with van der Waals surface area (Å²) in [5, 5.41) is 21.9. The zero-order valence-corrected chi connectivity index (χ0v) is 17.2. The Hall–Kier alpha value is -4.30. The Kier molecular flexibility index (Phi) is 5.42. The molecule has 2 aromatic heterocycles. The van der Waals surface area contributed by atoms with Crippen molar-refractivity contribution in [2.45, 2.75) is 12.6 Å². The smallest absolute Gasteiger partial charge is 0.336 e. The van der Waals surface area contributed by atoms with E-state index >= 15 is 0 Å². The lowest BCUT2D eigenvalue weighted by Gasteiger charge is -2.08. The second-order valence-electron chi connectivity index (χ2n) is 7.43. The molecule has 0 saturated carbocycles. The SMILES string of the molecule is O=c1cc(-c2ccc(F)cc2)c2ccc(CNc3nnc(C(O)c4ccccc4)o3)cc2o1. The molecule has 0 radical (unpaired) electrons. The van der Waals surface area contributed by atoms with E-state index in [0.717, 1.165) is 16.5 Å². The third kappa shape index (κ3) is 4.37. The van der Waals surface area contributed by atoms with E-state index in [0.29, 0.717) is 23.3 Å². The van der Waals surface area contributed by atoms with Gasteiger partial charge in [-0.3, -0.25) is 0 Å². The Balaban J connectivity index is 1.36. The van der Waals surface area contributed by atoms with Crippen LogP contribution in [0, 0.1) is 5.82 Å². The quantitative estimate of drug-likeness (QED) is 0.368. The van der Waals surface area contributed by atoms with Gasteiger partial charge in [-0.25, -0.2) is 9.18 Å². The largest absolute Gasteiger partial charge is 0.423 e. The van der Waals surface area contributed by atoms with Gasteiger partial charge in [-0.1, -0.05) is 59.7 Å². The summed E-state index contributed by atoms with van der Waals surface area (Å²) in [5.41, 5.74) is 2.75. The highest BCUT2D eigenvalue weighted by Gasteiger charge is 2.17. The van der Waals surface area contributed by atoms with Crippen LogP contribution in [0.1, 0.15) is 23.1 Å². The van der Waals surface area contributed by atoms with E-state index in [2.05, 4.69) is 15.5 Å². The first kappa shape index (κ1) is 20.6. The molecule has 8 heteroatoms. The maximum absolute atomic E-state index is 13.3. The summed E-state index contributed by atoms with van der Waals surface area (Å²) in [6.07, 6.45) is -1.02. The van der Waals surface area contributed by atoms with E-state index in [4.69, 9.17) is 8.83 Å². The number of aliphatic hydroxyl groups is 1. The zero-order chi connectivity index (χ0) is 22.8. The normalized spacial score (nSPS) is 12.1. The highest BCUT2D eigenvalue weighted by molar-refractivity contribution is 5.93. The summed E-state index contributed by atoms with van der Waals surface area (Å²) in [5.74, 6) is -0.267. The van der Waals surface area contributed by atoms with Crippen molar-refractivity contribution in [3.05, 3.63) is 112 Å². The molecule has 0 bridgehead atoms. The Morgan fingerprint density at radius 2 is 1.73 bits per heavy atom. The van der Waals surface area contributed by atoms with E-state index < -0.39 is 11.7 Å². The number of fused-ring (bicyclic) bond motifs is 1. The average Bonchev–Trinajstić information content (AvgIpc) is 3.32. The molecule has 0 saturated heterocycles. The Morgan fingerprint density at radius 1 is 0.939 bits per heavy atom. The first-order valence-electron chi connectivity index (χ1n) is 10.2. The number of hydrogen-bond acceptors (Lipinski definition) is 7. The number of hydrogen-bond donors (Lipinski definition) is 2. The van der Waals surface area contributed by atoms with Gasteiger partial charge in [-0.15, -0.1) is 5.10 Å². The summed E-state index contributed by atoms with van der Waals surface area (Å²) < 4.78 is 24.2. The molecule has 0 aliphatic rings. The molecular weight excluding hydrogens is 425 g/mol. The van der Waals surface area contributed by atoms with Crippen LogP contribution in [0.25, 0.3) is 22.1 Å². The Labute approximate surface area is 187 Å². The molecule has 5 aromatic rings. The molecule has 2 N–H and O–H groups in total. The molecule has 164 valence electrons. The van der Waals surface area contributed by atoms with Crippen LogP contribution in [0.5, 0.6) is 0 Å². The highest BCUT2D eigenvalue weighted by Crippen LogP contribution is 2.28. The molecule has 3 aromatic carbocycles. The molecule has 7 nitrogen and oxygen atoms in total.